The normalized spacial score (nSPS) is 11.4. The summed E-state index contributed by atoms with van der Waals surface area (Å²) in [6.07, 6.45) is -6.03. The van der Waals surface area contributed by atoms with Crippen molar-refractivity contribution in [1.82, 2.24) is 0 Å². The summed E-state index contributed by atoms with van der Waals surface area (Å²) in [7, 11) is 0. The van der Waals surface area contributed by atoms with E-state index < -0.39 is 29.6 Å². The van der Waals surface area contributed by atoms with Crippen LogP contribution in [0.3, 0.4) is 0 Å². The molecule has 0 N–H and O–H groups in total. The maximum Gasteiger partial charge on any atom is 0.456 e. The van der Waals surface area contributed by atoms with Gasteiger partial charge in [-0.25, -0.2) is 9.74 Å². The van der Waals surface area contributed by atoms with E-state index in [1.807, 2.05) is 4.94 Å². The fourth-order valence-corrected chi connectivity index (χ4v) is 0.444. The molecule has 16 heavy (non-hydrogen) atoms. The third kappa shape index (κ3) is 3.48. The molecule has 0 unspecified atom stereocenters. The Kier molecular flexibility index (Phi) is 5.72. The number of alkyl halides is 5. The van der Waals surface area contributed by atoms with Crippen molar-refractivity contribution < 1.29 is 62.6 Å². The minimum atomic E-state index is -6.03. The molecule has 4 nitrogen and oxygen atoms in total. The molecule has 0 saturated carbocycles. The number of carbonyl (C=O) groups is 3. The maximum absolute atomic E-state index is 12.3. The molecule has 0 atom stereocenters. The zero-order valence-corrected chi connectivity index (χ0v) is 7.78. The van der Waals surface area contributed by atoms with Crippen LogP contribution >= 0.6 is 0 Å². The second-order valence-electron chi connectivity index (χ2n) is 2.10. The van der Waals surface area contributed by atoms with E-state index in [-0.39, 0.29) is 16.8 Å². The number of hydrogen-bond acceptors (Lipinski definition) is 4. The molecular weight excluding hydrogens is 297 g/mol. The smallest absolute Gasteiger partial charge is 0.282 e. The van der Waals surface area contributed by atoms with Crippen molar-refractivity contribution in [1.29, 1.82) is 0 Å². The number of rotatable bonds is 3. The Bertz CT molecular complexity index is 311. The van der Waals surface area contributed by atoms with E-state index in [4.69, 9.17) is 0 Å². The fourth-order valence-electron chi connectivity index (χ4n) is 0.444. The third-order valence-electron chi connectivity index (χ3n) is 1.08. The summed E-state index contributed by atoms with van der Waals surface area (Å²) < 4.78 is 69.8. The molecular formula is C5CoF6O4. The molecule has 0 amide bonds. The molecule has 0 aliphatic carbocycles. The summed E-state index contributed by atoms with van der Waals surface area (Å²) in [4.78, 5) is 31.8. The first-order chi connectivity index (χ1) is 6.55. The van der Waals surface area contributed by atoms with Crippen molar-refractivity contribution in [3.8, 4) is 0 Å². The van der Waals surface area contributed by atoms with Gasteiger partial charge in [-0.1, -0.05) is 0 Å². The maximum atomic E-state index is 12.3. The van der Waals surface area contributed by atoms with Crippen LogP contribution in [0.2, 0.25) is 0 Å². The van der Waals surface area contributed by atoms with Gasteiger partial charge in [0.15, 0.2) is 0 Å². The SMILES string of the molecule is O=C(OF)C(=O)C(F)(F)C(=O)C(F)(F)F.[Co]. The van der Waals surface area contributed by atoms with Crippen LogP contribution in [0.1, 0.15) is 0 Å². The largest absolute Gasteiger partial charge is 0.456 e. The zero-order valence-electron chi connectivity index (χ0n) is 6.73. The predicted molar refractivity (Wildman–Crippen MR) is 28.2 cm³/mol. The van der Waals surface area contributed by atoms with Gasteiger partial charge in [0.05, 0.1) is 0 Å². The van der Waals surface area contributed by atoms with Gasteiger partial charge in [0, 0.05) is 21.3 Å². The second-order valence-corrected chi connectivity index (χ2v) is 2.10. The van der Waals surface area contributed by atoms with E-state index in [0.29, 0.717) is 0 Å². The number of ketones is 2. The minimum absolute atomic E-state index is 0. The van der Waals surface area contributed by atoms with E-state index in [9.17, 15) is 40.9 Å². The van der Waals surface area contributed by atoms with E-state index in [1.54, 1.807) is 0 Å². The molecule has 0 aromatic rings. The Morgan fingerprint density at radius 1 is 0.938 bits per heavy atom. The van der Waals surface area contributed by atoms with E-state index in [1.165, 1.54) is 0 Å². The van der Waals surface area contributed by atoms with Crippen LogP contribution in [-0.2, 0) is 36.1 Å². The van der Waals surface area contributed by atoms with Crippen LogP contribution in [0.25, 0.3) is 0 Å². The van der Waals surface area contributed by atoms with Crippen molar-refractivity contribution in [2.75, 3.05) is 0 Å². The standard InChI is InChI=1S/C5F6O4.Co/c6-4(7,1(12)2(13)15-11)3(14)5(8,9)10;. The van der Waals surface area contributed by atoms with Gasteiger partial charge in [-0.05, 0) is 0 Å². The molecule has 0 aliphatic heterocycles. The molecule has 0 spiro atoms. The van der Waals surface area contributed by atoms with Crippen molar-refractivity contribution in [3.05, 3.63) is 0 Å². The zero-order chi connectivity index (χ0) is 12.4. The van der Waals surface area contributed by atoms with Gasteiger partial charge in [-0.3, -0.25) is 9.59 Å². The Labute approximate surface area is 93.0 Å². The summed E-state index contributed by atoms with van der Waals surface area (Å²) >= 11 is 0. The van der Waals surface area contributed by atoms with Crippen LogP contribution in [0, 0.1) is 0 Å². The van der Waals surface area contributed by atoms with Crippen LogP contribution in [0.5, 0.6) is 0 Å². The van der Waals surface area contributed by atoms with E-state index >= 15 is 0 Å². The van der Waals surface area contributed by atoms with Gasteiger partial charge in [-0.15, -0.1) is 0 Å². The summed E-state index contributed by atoms with van der Waals surface area (Å²) in [6.45, 7) is 0. The average Bonchev–Trinajstić information content (AvgIpc) is 2.12. The van der Waals surface area contributed by atoms with Crippen LogP contribution in [0.4, 0.5) is 26.5 Å². The molecule has 95 valence electrons. The van der Waals surface area contributed by atoms with Crippen LogP contribution in [-0.4, -0.2) is 29.6 Å². The van der Waals surface area contributed by atoms with E-state index in [2.05, 4.69) is 0 Å². The minimum Gasteiger partial charge on any atom is -0.282 e. The number of halogens is 6. The molecule has 0 rings (SSSR count). The monoisotopic (exact) mass is 297 g/mol. The first-order valence-corrected chi connectivity index (χ1v) is 2.92. The molecule has 0 heterocycles. The van der Waals surface area contributed by atoms with Crippen LogP contribution in [0.15, 0.2) is 0 Å². The second kappa shape index (κ2) is 5.29. The summed E-state index contributed by atoms with van der Waals surface area (Å²) in [5.74, 6) is -15.6. The van der Waals surface area contributed by atoms with Gasteiger partial charge >= 0.3 is 29.6 Å². The predicted octanol–water partition coefficient (Wildman–Crippen LogP) is 0.747. The molecule has 0 aliphatic rings. The molecule has 0 saturated heterocycles. The van der Waals surface area contributed by atoms with Gasteiger partial charge in [-0.2, -0.15) is 22.0 Å². The Balaban J connectivity index is 0. The summed E-state index contributed by atoms with van der Waals surface area (Å²) in [5, 5.41) is 0. The number of hydrogen-bond donors (Lipinski definition) is 0. The molecule has 0 aromatic heterocycles. The van der Waals surface area contributed by atoms with Crippen LogP contribution < -0.4 is 0 Å². The van der Waals surface area contributed by atoms with Gasteiger partial charge in [0.25, 0.3) is 0 Å². The van der Waals surface area contributed by atoms with Crippen molar-refractivity contribution in [3.63, 3.8) is 0 Å². The van der Waals surface area contributed by atoms with Crippen molar-refractivity contribution >= 4 is 17.5 Å². The quantitative estimate of drug-likeness (QED) is 0.438. The molecule has 0 fully saturated rings. The fraction of sp³-hybridized carbons (Fsp3) is 0.400. The Morgan fingerprint density at radius 2 is 1.31 bits per heavy atom. The van der Waals surface area contributed by atoms with Crippen molar-refractivity contribution in [2.45, 2.75) is 12.1 Å². The van der Waals surface area contributed by atoms with Gasteiger partial charge in [0.1, 0.15) is 0 Å². The molecule has 11 heteroatoms. The first kappa shape index (κ1) is 17.3. The van der Waals surface area contributed by atoms with Gasteiger partial charge in [0.2, 0.25) is 0 Å². The van der Waals surface area contributed by atoms with E-state index in [0.717, 1.165) is 0 Å². The Morgan fingerprint density at radius 3 is 1.56 bits per heavy atom. The molecule has 1 radical (unpaired) electrons. The third-order valence-corrected chi connectivity index (χ3v) is 1.08. The number of carbonyl (C=O) groups excluding carboxylic acids is 3. The molecule has 0 bridgehead atoms. The summed E-state index contributed by atoms with van der Waals surface area (Å²) in [5.41, 5.74) is 0. The topological polar surface area (TPSA) is 60.4 Å². The van der Waals surface area contributed by atoms with Crippen molar-refractivity contribution in [2.24, 2.45) is 0 Å². The first-order valence-electron chi connectivity index (χ1n) is 2.92. The van der Waals surface area contributed by atoms with Gasteiger partial charge < -0.3 is 0 Å². The molecule has 0 aromatic carbocycles. The Hall–Kier alpha value is -1.10. The number of Topliss-reactive ketones (excluding diaryl/α,β-unsaturated/α-hetero) is 2. The summed E-state index contributed by atoms with van der Waals surface area (Å²) in [6, 6.07) is 0. The average molecular weight is 297 g/mol.